The Bertz CT molecular complexity index is 397. The first-order valence-electron chi connectivity index (χ1n) is 6.26. The lowest BCUT2D eigenvalue weighted by molar-refractivity contribution is 0.428. The summed E-state index contributed by atoms with van der Waals surface area (Å²) in [5.74, 6) is 1.52. The van der Waals surface area contributed by atoms with Gasteiger partial charge in [-0.2, -0.15) is 0 Å². The summed E-state index contributed by atoms with van der Waals surface area (Å²) >= 11 is 6.24. The van der Waals surface area contributed by atoms with Crippen LogP contribution in [-0.2, 0) is 5.54 Å². The normalized spacial score (nSPS) is 34.2. The van der Waals surface area contributed by atoms with Gasteiger partial charge in [0, 0.05) is 10.6 Å². The van der Waals surface area contributed by atoms with Crippen LogP contribution in [0.3, 0.4) is 0 Å². The Morgan fingerprint density at radius 1 is 1.19 bits per heavy atom. The molecule has 2 aliphatic carbocycles. The second-order valence-corrected chi connectivity index (χ2v) is 5.78. The molecule has 0 amide bonds. The summed E-state index contributed by atoms with van der Waals surface area (Å²) in [6.45, 7) is 0. The fourth-order valence-electron chi connectivity index (χ4n) is 3.40. The molecule has 0 saturated heterocycles. The van der Waals surface area contributed by atoms with E-state index in [-0.39, 0.29) is 5.54 Å². The maximum Gasteiger partial charge on any atom is 0.0460 e. The van der Waals surface area contributed by atoms with Crippen LogP contribution in [-0.4, -0.2) is 0 Å². The van der Waals surface area contributed by atoms with E-state index in [1.807, 2.05) is 18.2 Å². The van der Waals surface area contributed by atoms with E-state index >= 15 is 0 Å². The summed E-state index contributed by atoms with van der Waals surface area (Å²) in [7, 11) is 0. The van der Waals surface area contributed by atoms with Crippen molar-refractivity contribution in [3.8, 4) is 0 Å². The van der Waals surface area contributed by atoms with Gasteiger partial charge in [-0.3, -0.25) is 0 Å². The molecule has 0 bridgehead atoms. The summed E-state index contributed by atoms with van der Waals surface area (Å²) in [6, 6.07) is 8.06. The van der Waals surface area contributed by atoms with Gasteiger partial charge in [-0.05, 0) is 29.9 Å². The lowest BCUT2D eigenvalue weighted by Gasteiger charge is -2.17. The van der Waals surface area contributed by atoms with Gasteiger partial charge < -0.3 is 5.73 Å². The van der Waals surface area contributed by atoms with Gasteiger partial charge in [0.05, 0.1) is 0 Å². The first-order valence-corrected chi connectivity index (χ1v) is 6.63. The number of benzene rings is 1. The Morgan fingerprint density at radius 2 is 1.88 bits per heavy atom. The van der Waals surface area contributed by atoms with Crippen molar-refractivity contribution in [2.45, 2.75) is 37.6 Å². The Hall–Kier alpha value is -0.530. The minimum absolute atomic E-state index is 0.118. The molecule has 3 rings (SSSR count). The zero-order valence-electron chi connectivity index (χ0n) is 9.45. The van der Waals surface area contributed by atoms with E-state index in [0.717, 1.165) is 22.9 Å². The highest BCUT2D eigenvalue weighted by atomic mass is 35.5. The summed E-state index contributed by atoms with van der Waals surface area (Å²) < 4.78 is 0. The lowest BCUT2D eigenvalue weighted by Crippen LogP contribution is -2.24. The van der Waals surface area contributed by atoms with Gasteiger partial charge >= 0.3 is 0 Å². The van der Waals surface area contributed by atoms with Gasteiger partial charge in [0.15, 0.2) is 0 Å². The number of rotatable bonds is 2. The molecule has 1 nitrogen and oxygen atoms in total. The minimum Gasteiger partial charge on any atom is -0.321 e. The smallest absolute Gasteiger partial charge is 0.0460 e. The van der Waals surface area contributed by atoms with Crippen LogP contribution in [0.1, 0.15) is 37.7 Å². The van der Waals surface area contributed by atoms with E-state index in [1.54, 1.807) is 0 Å². The number of nitrogens with two attached hydrogens (primary N) is 1. The molecule has 86 valence electrons. The Labute approximate surface area is 102 Å². The predicted octanol–water partition coefficient (Wildman–Crippen LogP) is 3.70. The average Bonchev–Trinajstić information content (AvgIpc) is 2.77. The molecule has 0 aliphatic heterocycles. The van der Waals surface area contributed by atoms with Crippen molar-refractivity contribution in [2.75, 3.05) is 0 Å². The number of hydrogen-bond acceptors (Lipinski definition) is 1. The zero-order valence-corrected chi connectivity index (χ0v) is 10.2. The van der Waals surface area contributed by atoms with Gasteiger partial charge in [0.25, 0.3) is 0 Å². The van der Waals surface area contributed by atoms with Crippen molar-refractivity contribution in [1.29, 1.82) is 0 Å². The first kappa shape index (κ1) is 10.6. The van der Waals surface area contributed by atoms with Gasteiger partial charge in [0.1, 0.15) is 0 Å². The molecule has 0 heterocycles. The van der Waals surface area contributed by atoms with Crippen LogP contribution in [0.4, 0.5) is 0 Å². The monoisotopic (exact) mass is 235 g/mol. The van der Waals surface area contributed by atoms with Crippen LogP contribution in [0.25, 0.3) is 0 Å². The third-order valence-corrected chi connectivity index (χ3v) is 4.73. The molecule has 2 N–H and O–H groups in total. The molecule has 1 aromatic carbocycles. The molecular weight excluding hydrogens is 218 g/mol. The molecule has 2 unspecified atom stereocenters. The van der Waals surface area contributed by atoms with Gasteiger partial charge in [-0.15, -0.1) is 0 Å². The molecule has 2 atom stereocenters. The van der Waals surface area contributed by atoms with Crippen molar-refractivity contribution in [2.24, 2.45) is 17.6 Å². The fourth-order valence-corrected chi connectivity index (χ4v) is 3.71. The lowest BCUT2D eigenvalue weighted by atomic mass is 9.94. The van der Waals surface area contributed by atoms with E-state index in [1.165, 1.54) is 25.7 Å². The van der Waals surface area contributed by atoms with Crippen molar-refractivity contribution < 1.29 is 0 Å². The van der Waals surface area contributed by atoms with Gasteiger partial charge in [-0.25, -0.2) is 0 Å². The Kier molecular flexibility index (Phi) is 2.49. The second-order valence-electron chi connectivity index (χ2n) is 5.38. The van der Waals surface area contributed by atoms with Crippen molar-refractivity contribution in [1.82, 2.24) is 0 Å². The number of hydrogen-bond donors (Lipinski definition) is 1. The Morgan fingerprint density at radius 3 is 2.56 bits per heavy atom. The molecule has 16 heavy (non-hydrogen) atoms. The summed E-state index contributed by atoms with van der Waals surface area (Å²) in [5.41, 5.74) is 7.55. The quantitative estimate of drug-likeness (QED) is 0.831. The van der Waals surface area contributed by atoms with Crippen LogP contribution in [0.2, 0.25) is 5.02 Å². The van der Waals surface area contributed by atoms with Crippen LogP contribution < -0.4 is 5.73 Å². The van der Waals surface area contributed by atoms with Crippen molar-refractivity contribution in [3.63, 3.8) is 0 Å². The topological polar surface area (TPSA) is 26.0 Å². The van der Waals surface area contributed by atoms with Crippen LogP contribution >= 0.6 is 11.6 Å². The molecule has 2 saturated carbocycles. The van der Waals surface area contributed by atoms with E-state index in [0.29, 0.717) is 5.92 Å². The zero-order chi connectivity index (χ0) is 11.2. The van der Waals surface area contributed by atoms with E-state index in [9.17, 15) is 0 Å². The summed E-state index contributed by atoms with van der Waals surface area (Å²) in [5, 5.41) is 0.838. The van der Waals surface area contributed by atoms with Gasteiger partial charge in [0.2, 0.25) is 0 Å². The average molecular weight is 236 g/mol. The highest BCUT2D eigenvalue weighted by Gasteiger charge is 2.56. The first-order chi connectivity index (χ1) is 7.72. The second kappa shape index (κ2) is 3.75. The molecule has 2 heteroatoms. The highest BCUT2D eigenvalue weighted by molar-refractivity contribution is 6.31. The van der Waals surface area contributed by atoms with Crippen LogP contribution in [0.15, 0.2) is 24.3 Å². The minimum atomic E-state index is -0.118. The summed E-state index contributed by atoms with van der Waals surface area (Å²) in [6.07, 6.45) is 6.64. The largest absolute Gasteiger partial charge is 0.321 e. The third kappa shape index (κ3) is 1.57. The number of halogens is 1. The molecule has 2 aliphatic rings. The van der Waals surface area contributed by atoms with Crippen LogP contribution in [0, 0.1) is 11.8 Å². The molecule has 0 spiro atoms. The van der Waals surface area contributed by atoms with Gasteiger partial charge in [-0.1, -0.05) is 55.5 Å². The van der Waals surface area contributed by atoms with Crippen molar-refractivity contribution >= 4 is 11.6 Å². The standard InChI is InChI=1S/C14H18ClN/c15-13-8-4-3-7-11(13)14(16)9-12(14)10-5-1-2-6-10/h3-4,7-8,10,12H,1-2,5-6,9,16H2. The predicted molar refractivity (Wildman–Crippen MR) is 67.4 cm³/mol. The molecule has 1 aromatic rings. The molecule has 2 fully saturated rings. The third-order valence-electron chi connectivity index (χ3n) is 4.40. The van der Waals surface area contributed by atoms with Crippen LogP contribution in [0.5, 0.6) is 0 Å². The fraction of sp³-hybridized carbons (Fsp3) is 0.571. The highest BCUT2D eigenvalue weighted by Crippen LogP contribution is 2.58. The maximum atomic E-state index is 6.51. The van der Waals surface area contributed by atoms with E-state index in [4.69, 9.17) is 17.3 Å². The molecular formula is C14H18ClN. The molecule has 0 radical (unpaired) electrons. The molecule has 0 aromatic heterocycles. The summed E-state index contributed by atoms with van der Waals surface area (Å²) in [4.78, 5) is 0. The van der Waals surface area contributed by atoms with E-state index in [2.05, 4.69) is 6.07 Å². The maximum absolute atomic E-state index is 6.51. The Balaban J connectivity index is 1.83. The van der Waals surface area contributed by atoms with E-state index < -0.39 is 0 Å². The SMILES string of the molecule is NC1(c2ccccc2Cl)CC1C1CCCC1. The van der Waals surface area contributed by atoms with Crippen molar-refractivity contribution in [3.05, 3.63) is 34.9 Å².